The molecule has 5 rings (SSSR count). The van der Waals surface area contributed by atoms with Gasteiger partial charge >= 0.3 is 13.2 Å². The average molecular weight is 567 g/mol. The lowest BCUT2D eigenvalue weighted by Gasteiger charge is -2.42. The predicted molar refractivity (Wildman–Crippen MR) is 146 cm³/mol. The van der Waals surface area contributed by atoms with Crippen LogP contribution in [0.2, 0.25) is 11.3 Å². The Kier molecular flexibility index (Phi) is 8.09. The molecular formula is C28H28BClN2O8. The van der Waals surface area contributed by atoms with E-state index in [2.05, 4.69) is 9.72 Å². The number of ether oxygens (including phenoxy) is 1. The number of aliphatic hydroxyl groups excluding tert-OH is 1. The molecule has 2 saturated heterocycles. The molecule has 0 unspecified atom stereocenters. The second-order valence-electron chi connectivity index (χ2n) is 10.1. The first kappa shape index (κ1) is 28.0. The van der Waals surface area contributed by atoms with Gasteiger partial charge in [0.25, 0.3) is 0 Å². The highest BCUT2D eigenvalue weighted by atomic mass is 35.5. The molecule has 0 radical (unpaired) electrons. The Balaban J connectivity index is 1.47. The number of likely N-dealkylation sites (tertiary alicyclic amines) is 1. The Labute approximate surface area is 236 Å². The molecule has 1 aliphatic carbocycles. The minimum atomic E-state index is -1.21. The van der Waals surface area contributed by atoms with Gasteiger partial charge in [0.15, 0.2) is 0 Å². The normalized spacial score (nSPS) is 24.8. The zero-order chi connectivity index (χ0) is 28.6. The number of phenols is 1. The number of hydrogen-bond acceptors (Lipinski definition) is 9. The number of phenolic OH excluding ortho intramolecular Hbond substituents is 1. The maximum Gasteiger partial charge on any atom is 0.455 e. The molecule has 0 saturated carbocycles. The summed E-state index contributed by atoms with van der Waals surface area (Å²) in [5.41, 5.74) is 3.45. The van der Waals surface area contributed by atoms with E-state index in [1.54, 1.807) is 18.3 Å². The molecule has 4 atom stereocenters. The van der Waals surface area contributed by atoms with Crippen molar-refractivity contribution in [3.05, 3.63) is 70.0 Å². The summed E-state index contributed by atoms with van der Waals surface area (Å²) in [5.74, 6) is -3.55. The summed E-state index contributed by atoms with van der Waals surface area (Å²) < 4.78 is 10.6. The topological polar surface area (TPSA) is 146 Å². The van der Waals surface area contributed by atoms with Crippen LogP contribution >= 0.6 is 11.6 Å². The highest BCUT2D eigenvalue weighted by molar-refractivity contribution is 6.43. The fourth-order valence-electron chi connectivity index (χ4n) is 6.12. The van der Waals surface area contributed by atoms with Gasteiger partial charge in [0.1, 0.15) is 5.75 Å². The van der Waals surface area contributed by atoms with Crippen molar-refractivity contribution in [2.24, 2.45) is 17.8 Å². The standard InChI is InChI=1S/C28H28BClN2O8/c1-39-28(37)32-26(35)19-11-17(14-33)24-20(25(19)27(32)36)13-29(38)40-23(24)8-6-16(22-4-2-3-9-31-22)10-15-5-7-18(34)12-21(15)30/h2-5,7,9-10,12,19-20,23,25,33-34,38H,6,8,11,13-14H2,1H3/b16-10-/t19-,20+,23-,25-/m1/s1. The minimum absolute atomic E-state index is 0.0435. The monoisotopic (exact) mass is 566 g/mol. The number of pyridine rings is 1. The third kappa shape index (κ3) is 5.17. The fourth-order valence-corrected chi connectivity index (χ4v) is 6.34. The molecular weight excluding hydrogens is 539 g/mol. The number of carbonyl (C=O) groups is 3. The smallest absolute Gasteiger partial charge is 0.455 e. The maximum absolute atomic E-state index is 13.3. The van der Waals surface area contributed by atoms with E-state index in [1.165, 1.54) is 12.1 Å². The van der Waals surface area contributed by atoms with Crippen LogP contribution in [0.3, 0.4) is 0 Å². The quantitative estimate of drug-likeness (QED) is 0.272. The maximum atomic E-state index is 13.3. The molecule has 0 bridgehead atoms. The van der Waals surface area contributed by atoms with Crippen LogP contribution in [-0.2, 0) is 19.0 Å². The average Bonchev–Trinajstić information content (AvgIpc) is 3.20. The zero-order valence-corrected chi connectivity index (χ0v) is 22.5. The van der Waals surface area contributed by atoms with Crippen LogP contribution in [0.1, 0.15) is 30.5 Å². The van der Waals surface area contributed by atoms with Gasteiger partial charge in [0, 0.05) is 6.20 Å². The van der Waals surface area contributed by atoms with Crippen LogP contribution in [0, 0.1) is 17.8 Å². The number of hydrogen-bond donors (Lipinski definition) is 3. The lowest BCUT2D eigenvalue weighted by molar-refractivity contribution is -0.137. The number of aliphatic hydroxyl groups is 1. The molecule has 2 fully saturated rings. The van der Waals surface area contributed by atoms with Crippen molar-refractivity contribution in [3.63, 3.8) is 0 Å². The highest BCUT2D eigenvalue weighted by Gasteiger charge is 2.59. The number of allylic oxidation sites excluding steroid dienone is 1. The molecule has 3 amide bonds. The number of amides is 3. The molecule has 0 spiro atoms. The Morgan fingerprint density at radius 3 is 2.73 bits per heavy atom. The van der Waals surface area contributed by atoms with E-state index in [4.69, 9.17) is 16.3 Å². The summed E-state index contributed by atoms with van der Waals surface area (Å²) in [6, 6.07) is 10.2. The van der Waals surface area contributed by atoms with Gasteiger partial charge in [-0.1, -0.05) is 17.7 Å². The number of halogens is 1. The number of fused-ring (bicyclic) bond motifs is 3. The molecule has 3 heterocycles. The van der Waals surface area contributed by atoms with Gasteiger partial charge in [-0.25, -0.2) is 4.79 Å². The van der Waals surface area contributed by atoms with E-state index in [9.17, 15) is 29.6 Å². The number of aromatic nitrogens is 1. The molecule has 1 aromatic heterocycles. The third-order valence-corrected chi connectivity index (χ3v) is 8.17. The van der Waals surface area contributed by atoms with Gasteiger partial charge in [-0.2, -0.15) is 4.90 Å². The van der Waals surface area contributed by atoms with Gasteiger partial charge in [0.05, 0.1) is 42.4 Å². The van der Waals surface area contributed by atoms with Crippen molar-refractivity contribution < 1.29 is 39.0 Å². The van der Waals surface area contributed by atoms with Crippen LogP contribution < -0.4 is 0 Å². The minimum Gasteiger partial charge on any atom is -0.508 e. The van der Waals surface area contributed by atoms with Crippen LogP contribution in [0.5, 0.6) is 5.75 Å². The van der Waals surface area contributed by atoms with E-state index >= 15 is 0 Å². The van der Waals surface area contributed by atoms with Gasteiger partial charge in [0.2, 0.25) is 11.8 Å². The van der Waals surface area contributed by atoms with Gasteiger partial charge in [-0.3, -0.25) is 14.6 Å². The van der Waals surface area contributed by atoms with Crippen LogP contribution in [0.15, 0.2) is 53.7 Å². The van der Waals surface area contributed by atoms with Crippen molar-refractivity contribution in [2.45, 2.75) is 31.7 Å². The third-order valence-electron chi connectivity index (χ3n) is 7.84. The molecule has 12 heteroatoms. The van der Waals surface area contributed by atoms with Crippen LogP contribution in [0.4, 0.5) is 4.79 Å². The number of imide groups is 3. The van der Waals surface area contributed by atoms with Crippen molar-refractivity contribution in [2.75, 3.05) is 13.7 Å². The van der Waals surface area contributed by atoms with E-state index in [0.29, 0.717) is 45.2 Å². The van der Waals surface area contributed by atoms with Crippen LogP contribution in [-0.4, -0.2) is 70.0 Å². The lowest BCUT2D eigenvalue weighted by atomic mass is 9.58. The second kappa shape index (κ2) is 11.5. The largest absolute Gasteiger partial charge is 0.508 e. The van der Waals surface area contributed by atoms with E-state index in [0.717, 1.165) is 12.7 Å². The number of carbonyl (C=O) groups excluding carboxylic acids is 3. The van der Waals surface area contributed by atoms with E-state index in [1.807, 2.05) is 18.2 Å². The Morgan fingerprint density at radius 2 is 2.05 bits per heavy atom. The second-order valence-corrected chi connectivity index (χ2v) is 10.5. The summed E-state index contributed by atoms with van der Waals surface area (Å²) >= 11 is 6.37. The van der Waals surface area contributed by atoms with Gasteiger partial charge < -0.3 is 24.6 Å². The summed E-state index contributed by atoms with van der Waals surface area (Å²) in [6.45, 7) is -0.350. The Bertz CT molecular complexity index is 1400. The summed E-state index contributed by atoms with van der Waals surface area (Å²) in [6.07, 6.45) is 2.78. The fraction of sp³-hybridized carbons (Fsp3) is 0.357. The first-order valence-corrected chi connectivity index (χ1v) is 13.3. The number of aromatic hydroxyl groups is 1. The molecule has 40 heavy (non-hydrogen) atoms. The number of methoxy groups -OCH3 is 1. The molecule has 3 N–H and O–H groups in total. The van der Waals surface area contributed by atoms with E-state index < -0.39 is 48.9 Å². The molecule has 3 aliphatic rings. The summed E-state index contributed by atoms with van der Waals surface area (Å²) in [4.78, 5) is 43.5. The zero-order valence-electron chi connectivity index (χ0n) is 21.7. The van der Waals surface area contributed by atoms with Gasteiger partial charge in [-0.05, 0) is 90.2 Å². The highest BCUT2D eigenvalue weighted by Crippen LogP contribution is 2.50. The first-order valence-electron chi connectivity index (χ1n) is 13.0. The Morgan fingerprint density at radius 1 is 1.25 bits per heavy atom. The van der Waals surface area contributed by atoms with Crippen LogP contribution in [0.25, 0.3) is 11.6 Å². The molecule has 1 aromatic carbocycles. The number of benzene rings is 1. The van der Waals surface area contributed by atoms with Crippen molar-refractivity contribution in [1.82, 2.24) is 9.88 Å². The Hall–Kier alpha value is -3.51. The lowest BCUT2D eigenvalue weighted by Crippen LogP contribution is -2.46. The molecule has 2 aromatic rings. The van der Waals surface area contributed by atoms with Crippen molar-refractivity contribution in [1.29, 1.82) is 0 Å². The van der Waals surface area contributed by atoms with Gasteiger partial charge in [-0.15, -0.1) is 0 Å². The number of nitrogens with zero attached hydrogens (tertiary/aromatic N) is 2. The molecule has 208 valence electrons. The summed E-state index contributed by atoms with van der Waals surface area (Å²) in [7, 11) is -0.110. The van der Waals surface area contributed by atoms with Crippen molar-refractivity contribution in [3.8, 4) is 5.75 Å². The SMILES string of the molecule is COC(=O)N1C(=O)[C@@H]2[C@@H](CC(CO)=C3[C@@H](CC/C(=C/c4ccc(O)cc4Cl)c4ccccn4)OB(O)C[C@@H]32)C1=O. The van der Waals surface area contributed by atoms with E-state index in [-0.39, 0.29) is 25.1 Å². The summed E-state index contributed by atoms with van der Waals surface area (Å²) in [5, 5.41) is 31.1. The predicted octanol–water partition coefficient (Wildman–Crippen LogP) is 3.32. The number of rotatable bonds is 6. The van der Waals surface area contributed by atoms with Crippen molar-refractivity contribution >= 4 is 48.3 Å². The molecule has 10 nitrogen and oxygen atoms in total. The first-order chi connectivity index (χ1) is 19.2. The molecule has 2 aliphatic heterocycles.